The Kier molecular flexibility index (Phi) is 16.0. The maximum absolute atomic E-state index is 15.3. The van der Waals surface area contributed by atoms with Crippen molar-refractivity contribution in [3.63, 3.8) is 0 Å². The van der Waals surface area contributed by atoms with Crippen molar-refractivity contribution in [1.82, 2.24) is 0 Å². The Balaban J connectivity index is 1.37. The topological polar surface area (TPSA) is 52.6 Å². The zero-order chi connectivity index (χ0) is 31.0. The van der Waals surface area contributed by atoms with Gasteiger partial charge in [-0.3, -0.25) is 0 Å². The summed E-state index contributed by atoms with van der Waals surface area (Å²) in [6.07, 6.45) is 12.2. The van der Waals surface area contributed by atoms with Crippen LogP contribution >= 0.6 is 0 Å². The number of esters is 2. The van der Waals surface area contributed by atoms with Crippen molar-refractivity contribution in [2.24, 2.45) is 0 Å². The first-order valence-corrected chi connectivity index (χ1v) is 17.3. The lowest BCUT2D eigenvalue weighted by Gasteiger charge is -2.31. The van der Waals surface area contributed by atoms with E-state index >= 15 is 4.39 Å². The molecule has 0 spiro atoms. The van der Waals surface area contributed by atoms with Gasteiger partial charge in [-0.1, -0.05) is 77.3 Å². The molecule has 2 aliphatic rings. The molecule has 0 radical (unpaired) electrons. The molecule has 0 amide bonds. The third kappa shape index (κ3) is 12.1. The summed E-state index contributed by atoms with van der Waals surface area (Å²) >= 11 is 0. The van der Waals surface area contributed by atoms with Crippen molar-refractivity contribution >= 4 is 11.9 Å². The lowest BCUT2D eigenvalue weighted by Crippen LogP contribution is -2.29. The summed E-state index contributed by atoms with van der Waals surface area (Å²) in [6.45, 7) is 4.26. The second kappa shape index (κ2) is 19.4. The van der Waals surface area contributed by atoms with Gasteiger partial charge in [-0.15, -0.1) is 0 Å². The predicted octanol–water partition coefficient (Wildman–Crippen LogP) is 10.4. The van der Waals surface area contributed by atoms with Gasteiger partial charge in [0.2, 0.25) is 0 Å². The van der Waals surface area contributed by atoms with Crippen LogP contribution in [-0.2, 0) is 19.1 Å². The van der Waals surface area contributed by atoms with E-state index in [0.29, 0.717) is 56.9 Å². The minimum Gasteiger partial charge on any atom is -0.460 e. The number of hydrogen-bond acceptors (Lipinski definition) is 4. The standard InChI is InChI=1S/C36H55F3O4/c1-3-5-7-9-11-13-32(37)35(40)42-29-20-15-26(16-21-29)28-19-24-31(34(39)25-28)27-17-22-30(23-18-27)43-36(41)33(38)14-12-10-8-6-4-2/h19,24-27,29-30,32-33H,3-18,20-23H2,1-2H3/t26?,27?,29?,30?,32-,33-/m0/s1. The Morgan fingerprint density at radius 2 is 1.12 bits per heavy atom. The lowest BCUT2D eigenvalue weighted by atomic mass is 9.79. The minimum absolute atomic E-state index is 0.0548. The van der Waals surface area contributed by atoms with E-state index in [1.807, 2.05) is 12.1 Å². The van der Waals surface area contributed by atoms with Crippen LogP contribution < -0.4 is 0 Å². The highest BCUT2D eigenvalue weighted by Crippen LogP contribution is 2.39. The highest BCUT2D eigenvalue weighted by molar-refractivity contribution is 5.75. The maximum Gasteiger partial charge on any atom is 0.340 e. The second-order valence-electron chi connectivity index (χ2n) is 12.9. The normalized spacial score (nSPS) is 23.8. The number of carbonyl (C=O) groups is 2. The van der Waals surface area contributed by atoms with E-state index in [1.54, 1.807) is 6.07 Å². The zero-order valence-corrected chi connectivity index (χ0v) is 26.6. The zero-order valence-electron chi connectivity index (χ0n) is 26.6. The molecule has 1 aromatic carbocycles. The lowest BCUT2D eigenvalue weighted by molar-refractivity contribution is -0.157. The fraction of sp³-hybridized carbons (Fsp3) is 0.778. The molecular weight excluding hydrogens is 553 g/mol. The van der Waals surface area contributed by atoms with Crippen molar-refractivity contribution in [2.75, 3.05) is 0 Å². The van der Waals surface area contributed by atoms with Gasteiger partial charge in [-0.25, -0.2) is 22.8 Å². The van der Waals surface area contributed by atoms with Gasteiger partial charge in [0.15, 0.2) is 12.3 Å². The molecule has 244 valence electrons. The van der Waals surface area contributed by atoms with Crippen molar-refractivity contribution in [3.05, 3.63) is 35.1 Å². The monoisotopic (exact) mass is 608 g/mol. The van der Waals surface area contributed by atoms with Crippen molar-refractivity contribution in [3.8, 4) is 0 Å². The van der Waals surface area contributed by atoms with E-state index in [9.17, 15) is 18.4 Å². The van der Waals surface area contributed by atoms with Crippen LogP contribution in [0.15, 0.2) is 18.2 Å². The molecule has 2 aliphatic carbocycles. The third-order valence-electron chi connectivity index (χ3n) is 9.48. The van der Waals surface area contributed by atoms with Gasteiger partial charge in [0.25, 0.3) is 0 Å². The summed E-state index contributed by atoms with van der Waals surface area (Å²) in [7, 11) is 0. The SMILES string of the molecule is CCCCCCC[C@H](F)C(=O)OC1CCC(c2ccc(C3CCC(OC(=O)[C@@H](F)CCCCCCC)CC3)c(F)c2)CC1. The average Bonchev–Trinajstić information content (AvgIpc) is 3.01. The fourth-order valence-corrected chi connectivity index (χ4v) is 6.70. The highest BCUT2D eigenvalue weighted by Gasteiger charge is 2.31. The summed E-state index contributed by atoms with van der Waals surface area (Å²) in [4.78, 5) is 24.4. The van der Waals surface area contributed by atoms with E-state index in [0.717, 1.165) is 69.8 Å². The molecule has 0 aliphatic heterocycles. The molecule has 1 aromatic rings. The number of ether oxygens (including phenoxy) is 2. The largest absolute Gasteiger partial charge is 0.460 e. The maximum atomic E-state index is 15.3. The second-order valence-corrected chi connectivity index (χ2v) is 12.9. The molecule has 0 bridgehead atoms. The first-order valence-electron chi connectivity index (χ1n) is 17.3. The van der Waals surface area contributed by atoms with Gasteiger partial charge in [0.05, 0.1) is 0 Å². The summed E-state index contributed by atoms with van der Waals surface area (Å²) in [5.41, 5.74) is 1.64. The molecule has 0 heterocycles. The predicted molar refractivity (Wildman–Crippen MR) is 165 cm³/mol. The molecule has 0 unspecified atom stereocenters. The highest BCUT2D eigenvalue weighted by atomic mass is 19.1. The van der Waals surface area contributed by atoms with Gasteiger partial charge in [0.1, 0.15) is 18.0 Å². The summed E-state index contributed by atoms with van der Waals surface area (Å²) in [6, 6.07) is 5.53. The minimum atomic E-state index is -1.56. The smallest absolute Gasteiger partial charge is 0.340 e. The Bertz CT molecular complexity index is 954. The van der Waals surface area contributed by atoms with E-state index in [4.69, 9.17) is 9.47 Å². The van der Waals surface area contributed by atoms with E-state index in [2.05, 4.69) is 13.8 Å². The van der Waals surface area contributed by atoms with Crippen LogP contribution in [0, 0.1) is 5.82 Å². The van der Waals surface area contributed by atoms with Crippen LogP contribution in [0.5, 0.6) is 0 Å². The molecule has 2 saturated carbocycles. The van der Waals surface area contributed by atoms with E-state index < -0.39 is 24.3 Å². The van der Waals surface area contributed by atoms with Crippen LogP contribution in [0.2, 0.25) is 0 Å². The Morgan fingerprint density at radius 3 is 1.56 bits per heavy atom. The molecule has 4 nitrogen and oxygen atoms in total. The molecule has 2 fully saturated rings. The Labute approximate surface area is 257 Å². The average molecular weight is 609 g/mol. The Hall–Kier alpha value is -2.05. The van der Waals surface area contributed by atoms with Crippen LogP contribution in [0.25, 0.3) is 0 Å². The van der Waals surface area contributed by atoms with Gasteiger partial charge in [-0.05, 0) is 106 Å². The number of hydrogen-bond donors (Lipinski definition) is 0. The molecule has 43 heavy (non-hydrogen) atoms. The molecular formula is C36H55F3O4. The number of alkyl halides is 2. The number of rotatable bonds is 18. The molecule has 7 heteroatoms. The molecule has 0 N–H and O–H groups in total. The van der Waals surface area contributed by atoms with E-state index in [1.165, 1.54) is 0 Å². The summed E-state index contributed by atoms with van der Waals surface area (Å²) < 4.78 is 54.7. The van der Waals surface area contributed by atoms with Crippen molar-refractivity contribution in [1.29, 1.82) is 0 Å². The van der Waals surface area contributed by atoms with Gasteiger partial charge in [0, 0.05) is 0 Å². The Morgan fingerprint density at radius 1 is 0.674 bits per heavy atom. The molecule has 0 aromatic heterocycles. The third-order valence-corrected chi connectivity index (χ3v) is 9.48. The first-order chi connectivity index (χ1) is 20.8. The molecule has 3 rings (SSSR count). The van der Waals surface area contributed by atoms with Crippen LogP contribution in [0.3, 0.4) is 0 Å². The van der Waals surface area contributed by atoms with Gasteiger partial charge < -0.3 is 9.47 Å². The number of benzene rings is 1. The molecule has 2 atom stereocenters. The van der Waals surface area contributed by atoms with Gasteiger partial charge in [-0.2, -0.15) is 0 Å². The fourth-order valence-electron chi connectivity index (χ4n) is 6.70. The van der Waals surface area contributed by atoms with Crippen LogP contribution in [-0.4, -0.2) is 36.5 Å². The van der Waals surface area contributed by atoms with Crippen molar-refractivity contribution < 1.29 is 32.2 Å². The molecule has 0 saturated heterocycles. The number of carbonyl (C=O) groups excluding carboxylic acids is 2. The van der Waals surface area contributed by atoms with Crippen molar-refractivity contribution in [2.45, 2.75) is 179 Å². The van der Waals surface area contributed by atoms with Gasteiger partial charge >= 0.3 is 11.9 Å². The first kappa shape index (κ1) is 35.4. The quantitative estimate of drug-likeness (QED) is 0.123. The van der Waals surface area contributed by atoms with E-state index in [-0.39, 0.29) is 42.7 Å². The van der Waals surface area contributed by atoms with Crippen LogP contribution in [0.1, 0.15) is 165 Å². The summed E-state index contributed by atoms with van der Waals surface area (Å²) in [5, 5.41) is 0. The number of unbranched alkanes of at least 4 members (excludes halogenated alkanes) is 8. The number of halogens is 3. The summed E-state index contributed by atoms with van der Waals surface area (Å²) in [5.74, 6) is -1.45. The van der Waals surface area contributed by atoms with Crippen LogP contribution in [0.4, 0.5) is 13.2 Å².